The summed E-state index contributed by atoms with van der Waals surface area (Å²) in [5.41, 5.74) is 0.533. The second kappa shape index (κ2) is 6.19. The molecule has 2 heteroatoms. The van der Waals surface area contributed by atoms with Crippen LogP contribution in [0, 0.1) is 23.5 Å². The van der Waals surface area contributed by atoms with E-state index < -0.39 is 11.6 Å². The largest absolute Gasteiger partial charge is 0.204 e. The molecule has 0 unspecified atom stereocenters. The average Bonchev–Trinajstić information content (AvgIpc) is 2.23. The maximum Gasteiger partial charge on any atom is 0.160 e. The zero-order valence-corrected chi connectivity index (χ0v) is 8.82. The Morgan fingerprint density at radius 2 is 1.93 bits per heavy atom. The highest BCUT2D eigenvalue weighted by Crippen LogP contribution is 2.07. The molecule has 0 spiro atoms. The second-order valence-corrected chi connectivity index (χ2v) is 3.39. The van der Waals surface area contributed by atoms with Gasteiger partial charge >= 0.3 is 0 Å². The van der Waals surface area contributed by atoms with Crippen LogP contribution in [0.25, 0.3) is 0 Å². The van der Waals surface area contributed by atoms with Crippen LogP contribution in [0.4, 0.5) is 8.78 Å². The molecule has 0 fully saturated rings. The number of rotatable bonds is 3. The Hall–Kier alpha value is -1.36. The molecule has 0 aromatic heterocycles. The molecule has 0 heterocycles. The fourth-order valence-corrected chi connectivity index (χ4v) is 1.20. The summed E-state index contributed by atoms with van der Waals surface area (Å²) in [6.45, 7) is 2.13. The molecule has 80 valence electrons. The maximum atomic E-state index is 12.8. The molecular weight excluding hydrogens is 194 g/mol. The predicted octanol–water partition coefficient (Wildman–Crippen LogP) is 3.90. The molecule has 0 aliphatic rings. The SMILES string of the molecule is CCCCCC#Cc1ccc(F)c(F)c1. The van der Waals surface area contributed by atoms with E-state index in [4.69, 9.17) is 0 Å². The Labute approximate surface area is 89.3 Å². The van der Waals surface area contributed by atoms with Gasteiger partial charge in [-0.05, 0) is 24.6 Å². The molecule has 1 rings (SSSR count). The Morgan fingerprint density at radius 3 is 2.60 bits per heavy atom. The molecule has 0 aliphatic heterocycles. The summed E-state index contributed by atoms with van der Waals surface area (Å²) in [5, 5.41) is 0. The summed E-state index contributed by atoms with van der Waals surface area (Å²) < 4.78 is 25.3. The maximum absolute atomic E-state index is 12.8. The molecule has 0 N–H and O–H groups in total. The molecular formula is C13H14F2. The molecule has 1 aromatic rings. The van der Waals surface area contributed by atoms with Crippen molar-refractivity contribution in [2.75, 3.05) is 0 Å². The van der Waals surface area contributed by atoms with Crippen molar-refractivity contribution in [1.82, 2.24) is 0 Å². The zero-order valence-electron chi connectivity index (χ0n) is 8.82. The lowest BCUT2D eigenvalue weighted by Gasteiger charge is -1.93. The first kappa shape index (κ1) is 11.7. The van der Waals surface area contributed by atoms with E-state index in [1.807, 2.05) is 0 Å². The van der Waals surface area contributed by atoms with Gasteiger partial charge in [0.25, 0.3) is 0 Å². The molecule has 0 aliphatic carbocycles. The fourth-order valence-electron chi connectivity index (χ4n) is 1.20. The van der Waals surface area contributed by atoms with Crippen molar-refractivity contribution in [2.24, 2.45) is 0 Å². The van der Waals surface area contributed by atoms with E-state index in [1.165, 1.54) is 6.07 Å². The van der Waals surface area contributed by atoms with Crippen LogP contribution in [0.2, 0.25) is 0 Å². The molecule has 0 atom stereocenters. The van der Waals surface area contributed by atoms with E-state index in [0.29, 0.717) is 5.56 Å². The zero-order chi connectivity index (χ0) is 11.1. The van der Waals surface area contributed by atoms with Crippen molar-refractivity contribution in [1.29, 1.82) is 0 Å². The first-order valence-corrected chi connectivity index (χ1v) is 5.18. The minimum absolute atomic E-state index is 0.533. The number of halogens is 2. The number of hydrogen-bond acceptors (Lipinski definition) is 0. The van der Waals surface area contributed by atoms with Crippen molar-refractivity contribution in [2.45, 2.75) is 32.6 Å². The van der Waals surface area contributed by atoms with Crippen molar-refractivity contribution in [3.63, 3.8) is 0 Å². The van der Waals surface area contributed by atoms with E-state index in [-0.39, 0.29) is 0 Å². The standard InChI is InChI=1S/C13H14F2/c1-2-3-4-5-6-7-11-8-9-12(14)13(15)10-11/h8-10H,2-5H2,1H3. The van der Waals surface area contributed by atoms with Crippen molar-refractivity contribution in [3.8, 4) is 11.8 Å². The fraction of sp³-hybridized carbons (Fsp3) is 0.385. The Bertz CT molecular complexity index is 372. The van der Waals surface area contributed by atoms with Crippen LogP contribution in [-0.2, 0) is 0 Å². The topological polar surface area (TPSA) is 0 Å². The highest BCUT2D eigenvalue weighted by Gasteiger charge is 1.99. The van der Waals surface area contributed by atoms with E-state index in [1.54, 1.807) is 0 Å². The normalized spacial score (nSPS) is 9.53. The van der Waals surface area contributed by atoms with Gasteiger partial charge in [0, 0.05) is 12.0 Å². The molecule has 0 saturated carbocycles. The Kier molecular flexibility index (Phi) is 4.83. The van der Waals surface area contributed by atoms with E-state index >= 15 is 0 Å². The monoisotopic (exact) mass is 208 g/mol. The van der Waals surface area contributed by atoms with E-state index in [9.17, 15) is 8.78 Å². The third-order valence-electron chi connectivity index (χ3n) is 2.06. The van der Waals surface area contributed by atoms with Crippen molar-refractivity contribution < 1.29 is 8.78 Å². The van der Waals surface area contributed by atoms with Crippen molar-refractivity contribution in [3.05, 3.63) is 35.4 Å². The molecule has 1 aromatic carbocycles. The molecule has 0 saturated heterocycles. The highest BCUT2D eigenvalue weighted by atomic mass is 19.2. The van der Waals surface area contributed by atoms with Gasteiger partial charge in [-0.3, -0.25) is 0 Å². The summed E-state index contributed by atoms with van der Waals surface area (Å²) >= 11 is 0. The summed E-state index contributed by atoms with van der Waals surface area (Å²) in [4.78, 5) is 0. The quantitative estimate of drug-likeness (QED) is 0.522. The minimum Gasteiger partial charge on any atom is -0.204 e. The smallest absolute Gasteiger partial charge is 0.160 e. The van der Waals surface area contributed by atoms with Gasteiger partial charge in [-0.1, -0.05) is 31.6 Å². The molecule has 0 bridgehead atoms. The minimum atomic E-state index is -0.838. The van der Waals surface area contributed by atoms with Gasteiger partial charge in [-0.2, -0.15) is 0 Å². The lowest BCUT2D eigenvalue weighted by Crippen LogP contribution is -1.84. The number of hydrogen-bond donors (Lipinski definition) is 0. The van der Waals surface area contributed by atoms with E-state index in [2.05, 4.69) is 18.8 Å². The lowest BCUT2D eigenvalue weighted by molar-refractivity contribution is 0.508. The van der Waals surface area contributed by atoms with Crippen LogP contribution in [0.5, 0.6) is 0 Å². The second-order valence-electron chi connectivity index (χ2n) is 3.39. The summed E-state index contributed by atoms with van der Waals surface area (Å²) in [6.07, 6.45) is 4.19. The first-order valence-electron chi connectivity index (χ1n) is 5.18. The van der Waals surface area contributed by atoms with Gasteiger partial charge in [0.05, 0.1) is 0 Å². The molecule has 15 heavy (non-hydrogen) atoms. The van der Waals surface area contributed by atoms with Crippen LogP contribution in [0.3, 0.4) is 0 Å². The summed E-state index contributed by atoms with van der Waals surface area (Å²) in [6, 6.07) is 3.72. The van der Waals surface area contributed by atoms with Crippen LogP contribution in [0.15, 0.2) is 18.2 Å². The van der Waals surface area contributed by atoms with Crippen LogP contribution in [0.1, 0.15) is 38.2 Å². The predicted molar refractivity (Wildman–Crippen MR) is 57.4 cm³/mol. The summed E-state index contributed by atoms with van der Waals surface area (Å²) in [5.74, 6) is 4.09. The Balaban J connectivity index is 2.53. The molecule has 0 amide bonds. The number of unbranched alkanes of at least 4 members (excludes halogenated alkanes) is 3. The van der Waals surface area contributed by atoms with Crippen LogP contribution in [-0.4, -0.2) is 0 Å². The van der Waals surface area contributed by atoms with E-state index in [0.717, 1.165) is 37.8 Å². The molecule has 0 radical (unpaired) electrons. The van der Waals surface area contributed by atoms with Crippen LogP contribution < -0.4 is 0 Å². The first-order chi connectivity index (χ1) is 7.24. The highest BCUT2D eigenvalue weighted by molar-refractivity contribution is 5.34. The van der Waals surface area contributed by atoms with Gasteiger partial charge in [0.2, 0.25) is 0 Å². The van der Waals surface area contributed by atoms with Crippen LogP contribution >= 0.6 is 0 Å². The number of benzene rings is 1. The molecule has 0 nitrogen and oxygen atoms in total. The third-order valence-corrected chi connectivity index (χ3v) is 2.06. The van der Waals surface area contributed by atoms with Gasteiger partial charge in [-0.15, -0.1) is 0 Å². The van der Waals surface area contributed by atoms with Crippen molar-refractivity contribution >= 4 is 0 Å². The third kappa shape index (κ3) is 4.12. The van der Waals surface area contributed by atoms with Gasteiger partial charge < -0.3 is 0 Å². The average molecular weight is 208 g/mol. The summed E-state index contributed by atoms with van der Waals surface area (Å²) in [7, 11) is 0. The van der Waals surface area contributed by atoms with Gasteiger partial charge in [0.15, 0.2) is 11.6 Å². The Morgan fingerprint density at radius 1 is 1.13 bits per heavy atom. The van der Waals surface area contributed by atoms with Gasteiger partial charge in [-0.25, -0.2) is 8.78 Å². The lowest BCUT2D eigenvalue weighted by atomic mass is 10.2. The van der Waals surface area contributed by atoms with Gasteiger partial charge in [0.1, 0.15) is 0 Å².